The van der Waals surface area contributed by atoms with Gasteiger partial charge >= 0.3 is 0 Å². The van der Waals surface area contributed by atoms with E-state index < -0.39 is 10.0 Å². The van der Waals surface area contributed by atoms with Crippen molar-refractivity contribution in [1.82, 2.24) is 9.62 Å². The van der Waals surface area contributed by atoms with Crippen molar-refractivity contribution in [2.24, 2.45) is 0 Å². The van der Waals surface area contributed by atoms with E-state index in [9.17, 15) is 13.2 Å². The fraction of sp³-hybridized carbons (Fsp3) is 0.375. The number of ether oxygens (including phenoxy) is 1. The van der Waals surface area contributed by atoms with Crippen molar-refractivity contribution >= 4 is 22.0 Å². The average molecular weight is 443 g/mol. The Bertz CT molecular complexity index is 991. The maximum Gasteiger partial charge on any atom is 0.244 e. The predicted octanol–water partition coefficient (Wildman–Crippen LogP) is 3.98. The molecule has 0 unspecified atom stereocenters. The lowest BCUT2D eigenvalue weighted by atomic mass is 9.98. The summed E-state index contributed by atoms with van der Waals surface area (Å²) in [6.07, 6.45) is 9.44. The molecule has 1 aliphatic carbocycles. The molecule has 2 aromatic rings. The van der Waals surface area contributed by atoms with Crippen molar-refractivity contribution in [3.05, 3.63) is 65.7 Å². The first-order valence-corrected chi connectivity index (χ1v) is 12.0. The Balaban J connectivity index is 1.48. The van der Waals surface area contributed by atoms with Crippen LogP contribution in [0, 0.1) is 0 Å². The lowest BCUT2D eigenvalue weighted by Crippen LogP contribution is -2.22. The molecule has 0 bridgehead atoms. The molecule has 0 atom stereocenters. The van der Waals surface area contributed by atoms with Gasteiger partial charge in [0.1, 0.15) is 5.75 Å². The summed E-state index contributed by atoms with van der Waals surface area (Å²) in [6, 6.07) is 14.2. The zero-order valence-corrected chi connectivity index (χ0v) is 18.9. The normalized spacial score (nSPS) is 15.3. The molecule has 0 aliphatic heterocycles. The maximum absolute atomic E-state index is 12.1. The van der Waals surface area contributed by atoms with E-state index in [2.05, 4.69) is 5.32 Å². The Morgan fingerprint density at radius 1 is 1.03 bits per heavy atom. The molecule has 7 heteroatoms. The third-order valence-electron chi connectivity index (χ3n) is 5.33. The molecule has 6 nitrogen and oxygen atoms in total. The molecule has 1 amide bonds. The summed E-state index contributed by atoms with van der Waals surface area (Å²) in [7, 11) is -0.473. The van der Waals surface area contributed by atoms with Gasteiger partial charge in [0.25, 0.3) is 0 Å². The largest absolute Gasteiger partial charge is 0.490 e. The molecule has 2 aromatic carbocycles. The molecule has 166 valence electrons. The monoisotopic (exact) mass is 442 g/mol. The molecule has 1 N–H and O–H groups in total. The number of carbonyl (C=O) groups excluding carboxylic acids is 1. The van der Waals surface area contributed by atoms with Crippen LogP contribution in [-0.4, -0.2) is 38.8 Å². The van der Waals surface area contributed by atoms with Gasteiger partial charge in [0.15, 0.2) is 0 Å². The second-order valence-corrected chi connectivity index (χ2v) is 10.1. The third kappa shape index (κ3) is 6.67. The van der Waals surface area contributed by atoms with Crippen molar-refractivity contribution in [2.45, 2.75) is 49.6 Å². The van der Waals surface area contributed by atoms with Crippen LogP contribution in [0.2, 0.25) is 0 Å². The van der Waals surface area contributed by atoms with Gasteiger partial charge in [-0.15, -0.1) is 0 Å². The summed E-state index contributed by atoms with van der Waals surface area (Å²) in [5, 5.41) is 2.85. The molecule has 1 aliphatic rings. The standard InChI is InChI=1S/C24H30N2O4S/c1-26(2)31(28,29)23-15-10-19(11-16-23)12-17-24(27)25-18-20-8-13-22(14-9-20)30-21-6-4-3-5-7-21/h8-17,21H,3-7,18H2,1-2H3,(H,25,27). The second-order valence-electron chi connectivity index (χ2n) is 7.93. The first kappa shape index (κ1) is 23.0. The Labute approximate surface area is 185 Å². The van der Waals surface area contributed by atoms with Gasteiger partial charge in [-0.2, -0.15) is 0 Å². The molecule has 0 heterocycles. The van der Waals surface area contributed by atoms with Gasteiger partial charge < -0.3 is 10.1 Å². The van der Waals surface area contributed by atoms with Crippen molar-refractivity contribution in [3.8, 4) is 5.75 Å². The van der Waals surface area contributed by atoms with Crippen LogP contribution in [0.1, 0.15) is 43.2 Å². The summed E-state index contributed by atoms with van der Waals surface area (Å²) < 4.78 is 31.4. The van der Waals surface area contributed by atoms with Gasteiger partial charge in [0.2, 0.25) is 15.9 Å². The zero-order valence-electron chi connectivity index (χ0n) is 18.1. The smallest absolute Gasteiger partial charge is 0.244 e. The number of sulfonamides is 1. The summed E-state index contributed by atoms with van der Waals surface area (Å²) in [5.41, 5.74) is 1.74. The number of nitrogens with zero attached hydrogens (tertiary/aromatic N) is 1. The molecular weight excluding hydrogens is 412 g/mol. The highest BCUT2D eigenvalue weighted by Crippen LogP contribution is 2.23. The van der Waals surface area contributed by atoms with Gasteiger partial charge in [-0.1, -0.05) is 30.7 Å². The number of benzene rings is 2. The number of nitrogens with one attached hydrogen (secondary N) is 1. The van der Waals surface area contributed by atoms with E-state index in [-0.39, 0.29) is 10.8 Å². The average Bonchev–Trinajstić information content (AvgIpc) is 2.78. The van der Waals surface area contributed by atoms with E-state index in [4.69, 9.17) is 4.74 Å². The molecule has 0 aromatic heterocycles. The van der Waals surface area contributed by atoms with Gasteiger partial charge in [0, 0.05) is 26.7 Å². The molecule has 31 heavy (non-hydrogen) atoms. The quantitative estimate of drug-likeness (QED) is 0.628. The number of hydrogen-bond donors (Lipinski definition) is 1. The fourth-order valence-corrected chi connectivity index (χ4v) is 4.34. The van der Waals surface area contributed by atoms with Crippen LogP contribution in [0.3, 0.4) is 0 Å². The van der Waals surface area contributed by atoms with Crippen molar-refractivity contribution in [3.63, 3.8) is 0 Å². The van der Waals surface area contributed by atoms with Crippen LogP contribution in [0.4, 0.5) is 0 Å². The van der Waals surface area contributed by atoms with Gasteiger partial charge in [0.05, 0.1) is 11.0 Å². The van der Waals surface area contributed by atoms with Crippen LogP contribution < -0.4 is 10.1 Å². The van der Waals surface area contributed by atoms with Gasteiger partial charge in [-0.05, 0) is 67.2 Å². The molecule has 0 spiro atoms. The molecule has 3 rings (SSSR count). The van der Waals surface area contributed by atoms with E-state index in [1.54, 1.807) is 18.2 Å². The van der Waals surface area contributed by atoms with E-state index in [0.717, 1.165) is 29.7 Å². The lowest BCUT2D eigenvalue weighted by molar-refractivity contribution is -0.116. The SMILES string of the molecule is CN(C)S(=O)(=O)c1ccc(C=CC(=O)NCc2ccc(OC3CCCCC3)cc2)cc1. The van der Waals surface area contributed by atoms with Crippen molar-refractivity contribution in [2.75, 3.05) is 14.1 Å². The highest BCUT2D eigenvalue weighted by Gasteiger charge is 2.16. The molecule has 1 fully saturated rings. The molecule has 1 saturated carbocycles. The number of rotatable bonds is 8. The minimum Gasteiger partial charge on any atom is -0.490 e. The summed E-state index contributed by atoms with van der Waals surface area (Å²) in [5.74, 6) is 0.661. The topological polar surface area (TPSA) is 75.7 Å². The van der Waals surface area contributed by atoms with Crippen LogP contribution in [0.5, 0.6) is 5.75 Å². The summed E-state index contributed by atoms with van der Waals surface area (Å²) >= 11 is 0. The van der Waals surface area contributed by atoms with Crippen LogP contribution >= 0.6 is 0 Å². The minimum atomic E-state index is -3.45. The zero-order chi connectivity index (χ0) is 22.3. The summed E-state index contributed by atoms with van der Waals surface area (Å²) in [6.45, 7) is 0.424. The molecule has 0 radical (unpaired) electrons. The van der Waals surface area contributed by atoms with Gasteiger partial charge in [-0.25, -0.2) is 12.7 Å². The van der Waals surface area contributed by atoms with Crippen molar-refractivity contribution in [1.29, 1.82) is 0 Å². The first-order valence-electron chi connectivity index (χ1n) is 10.6. The summed E-state index contributed by atoms with van der Waals surface area (Å²) in [4.78, 5) is 12.3. The second kappa shape index (κ2) is 10.6. The fourth-order valence-electron chi connectivity index (χ4n) is 3.44. The number of carbonyl (C=O) groups is 1. The molecule has 0 saturated heterocycles. The number of hydrogen-bond acceptors (Lipinski definition) is 4. The highest BCUT2D eigenvalue weighted by atomic mass is 32.2. The van der Waals surface area contributed by atoms with Crippen LogP contribution in [-0.2, 0) is 21.4 Å². The first-order chi connectivity index (χ1) is 14.8. The van der Waals surface area contributed by atoms with E-state index in [1.165, 1.54) is 55.9 Å². The number of amides is 1. The third-order valence-corrected chi connectivity index (χ3v) is 7.16. The Hall–Kier alpha value is -2.64. The van der Waals surface area contributed by atoms with E-state index in [1.807, 2.05) is 24.3 Å². The Morgan fingerprint density at radius 2 is 1.68 bits per heavy atom. The van der Waals surface area contributed by atoms with Gasteiger partial charge in [-0.3, -0.25) is 4.79 Å². The Kier molecular flexibility index (Phi) is 7.87. The predicted molar refractivity (Wildman–Crippen MR) is 122 cm³/mol. The van der Waals surface area contributed by atoms with Crippen LogP contribution in [0.15, 0.2) is 59.5 Å². The maximum atomic E-state index is 12.1. The highest BCUT2D eigenvalue weighted by molar-refractivity contribution is 7.89. The molecular formula is C24H30N2O4S. The van der Waals surface area contributed by atoms with E-state index >= 15 is 0 Å². The van der Waals surface area contributed by atoms with E-state index in [0.29, 0.717) is 12.6 Å². The Morgan fingerprint density at radius 3 is 2.29 bits per heavy atom. The van der Waals surface area contributed by atoms with Crippen LogP contribution in [0.25, 0.3) is 6.08 Å². The lowest BCUT2D eigenvalue weighted by Gasteiger charge is -2.23. The van der Waals surface area contributed by atoms with Crippen molar-refractivity contribution < 1.29 is 17.9 Å². The minimum absolute atomic E-state index is 0.215.